The molecule has 3 N–H and O–H groups in total. The SMILES string of the molecule is Cl.N[C@@H]1CC[C@H](C(=O)N2CCN(C(=O)c3ccc(Nc4nccn5c(-c6cn(CC7CC7)nc6C(F)(F)F)cnc45)cc3F)CC2)C1. The number of piperazine rings is 1. The maximum Gasteiger partial charge on any atom is 0.435 e. The molecule has 2 aliphatic carbocycles. The molecule has 2 atom stereocenters. The van der Waals surface area contributed by atoms with E-state index in [1.807, 2.05) is 0 Å². The van der Waals surface area contributed by atoms with E-state index in [2.05, 4.69) is 20.4 Å². The number of hydrogen-bond acceptors (Lipinski definition) is 7. The van der Waals surface area contributed by atoms with Gasteiger partial charge in [0.15, 0.2) is 17.2 Å². The first-order valence-corrected chi connectivity index (χ1v) is 15.4. The number of hydrogen-bond donors (Lipinski definition) is 2. The van der Waals surface area contributed by atoms with Gasteiger partial charge < -0.3 is 20.9 Å². The Morgan fingerprint density at radius 1 is 1.02 bits per heavy atom. The number of alkyl halides is 3. The fourth-order valence-corrected chi connectivity index (χ4v) is 6.39. The molecule has 3 aliphatic rings. The molecule has 0 radical (unpaired) electrons. The average Bonchev–Trinajstić information content (AvgIpc) is 3.36. The molecule has 1 aliphatic heterocycles. The van der Waals surface area contributed by atoms with Crippen molar-refractivity contribution < 1.29 is 27.2 Å². The quantitative estimate of drug-likeness (QED) is 0.271. The van der Waals surface area contributed by atoms with Crippen LogP contribution in [0.2, 0.25) is 0 Å². The van der Waals surface area contributed by atoms with Crippen LogP contribution in [0.4, 0.5) is 29.1 Å². The van der Waals surface area contributed by atoms with Gasteiger partial charge in [-0.3, -0.25) is 18.7 Å². The molecule has 0 bridgehead atoms. The van der Waals surface area contributed by atoms with Gasteiger partial charge in [0.05, 0.1) is 23.0 Å². The zero-order valence-corrected chi connectivity index (χ0v) is 26.1. The van der Waals surface area contributed by atoms with E-state index in [4.69, 9.17) is 5.73 Å². The van der Waals surface area contributed by atoms with Crippen LogP contribution in [0.15, 0.2) is 43.0 Å². The largest absolute Gasteiger partial charge is 0.435 e. The summed E-state index contributed by atoms with van der Waals surface area (Å²) in [5.74, 6) is -0.700. The van der Waals surface area contributed by atoms with E-state index >= 15 is 4.39 Å². The number of imidazole rings is 1. The van der Waals surface area contributed by atoms with Gasteiger partial charge in [0.2, 0.25) is 5.91 Å². The lowest BCUT2D eigenvalue weighted by Gasteiger charge is -2.36. The highest BCUT2D eigenvalue weighted by molar-refractivity contribution is 5.95. The fraction of sp³-hybridized carbons (Fsp3) is 0.452. The van der Waals surface area contributed by atoms with Gasteiger partial charge in [-0.05, 0) is 56.2 Å². The van der Waals surface area contributed by atoms with Crippen molar-refractivity contribution in [2.45, 2.75) is 50.9 Å². The number of carbonyl (C=O) groups is 2. The van der Waals surface area contributed by atoms with Gasteiger partial charge in [0.25, 0.3) is 5.91 Å². The minimum atomic E-state index is -4.66. The van der Waals surface area contributed by atoms with Crippen molar-refractivity contribution in [3.63, 3.8) is 0 Å². The summed E-state index contributed by atoms with van der Waals surface area (Å²) in [6.45, 7) is 1.78. The maximum absolute atomic E-state index is 15.3. The predicted octanol–water partition coefficient (Wildman–Crippen LogP) is 4.74. The van der Waals surface area contributed by atoms with E-state index in [1.165, 1.54) is 50.9 Å². The van der Waals surface area contributed by atoms with E-state index in [1.54, 1.807) is 4.90 Å². The fourth-order valence-electron chi connectivity index (χ4n) is 6.39. The predicted molar refractivity (Wildman–Crippen MR) is 167 cm³/mol. The number of halogens is 5. The zero-order chi connectivity index (χ0) is 32.2. The molecule has 250 valence electrons. The lowest BCUT2D eigenvalue weighted by molar-refractivity contribution is -0.141. The Balaban J connectivity index is 0.00000386. The van der Waals surface area contributed by atoms with Crippen LogP contribution < -0.4 is 11.1 Å². The van der Waals surface area contributed by atoms with Crippen molar-refractivity contribution in [2.24, 2.45) is 17.6 Å². The number of amides is 2. The number of nitrogens with zero attached hydrogens (tertiary/aromatic N) is 7. The zero-order valence-electron chi connectivity index (χ0n) is 25.3. The monoisotopic (exact) mass is 675 g/mol. The van der Waals surface area contributed by atoms with E-state index in [9.17, 15) is 22.8 Å². The molecule has 7 rings (SSSR count). The van der Waals surface area contributed by atoms with Crippen molar-refractivity contribution in [1.82, 2.24) is 33.9 Å². The van der Waals surface area contributed by atoms with Crippen LogP contribution in [-0.2, 0) is 17.5 Å². The number of nitrogens with two attached hydrogens (primary N) is 1. The Hall–Kier alpha value is -4.24. The van der Waals surface area contributed by atoms with Crippen LogP contribution in [0, 0.1) is 17.7 Å². The van der Waals surface area contributed by atoms with Gasteiger partial charge in [-0.2, -0.15) is 18.3 Å². The number of anilines is 2. The van der Waals surface area contributed by atoms with E-state index < -0.39 is 23.6 Å². The first kappa shape index (κ1) is 32.7. The molecule has 3 fully saturated rings. The second kappa shape index (κ2) is 12.8. The molecule has 3 aromatic heterocycles. The van der Waals surface area contributed by atoms with E-state index in [0.29, 0.717) is 45.1 Å². The normalized spacial score (nSPS) is 20.0. The third kappa shape index (κ3) is 6.63. The number of benzene rings is 1. The maximum atomic E-state index is 15.3. The smallest absolute Gasteiger partial charge is 0.339 e. The summed E-state index contributed by atoms with van der Waals surface area (Å²) < 4.78 is 59.9. The summed E-state index contributed by atoms with van der Waals surface area (Å²) in [5, 5.41) is 6.81. The lowest BCUT2D eigenvalue weighted by atomic mass is 10.1. The third-order valence-electron chi connectivity index (χ3n) is 9.04. The summed E-state index contributed by atoms with van der Waals surface area (Å²) in [6.07, 6.45) is 5.21. The average molecular weight is 676 g/mol. The van der Waals surface area contributed by atoms with Crippen molar-refractivity contribution >= 4 is 41.4 Å². The van der Waals surface area contributed by atoms with Crippen LogP contribution in [0.5, 0.6) is 0 Å². The van der Waals surface area contributed by atoms with Gasteiger partial charge in [-0.1, -0.05) is 0 Å². The topological polar surface area (TPSA) is 127 Å². The highest BCUT2D eigenvalue weighted by Gasteiger charge is 2.39. The molecule has 47 heavy (non-hydrogen) atoms. The minimum absolute atomic E-state index is 0. The Bertz CT molecular complexity index is 1800. The summed E-state index contributed by atoms with van der Waals surface area (Å²) in [4.78, 5) is 37.9. The molecule has 2 amide bonds. The second-order valence-electron chi connectivity index (χ2n) is 12.4. The molecule has 0 spiro atoms. The number of nitrogens with one attached hydrogen (secondary N) is 1. The Kier molecular flexibility index (Phi) is 8.87. The molecule has 2 saturated carbocycles. The molecule has 1 saturated heterocycles. The summed E-state index contributed by atoms with van der Waals surface area (Å²) in [6, 6.07) is 4.11. The first-order chi connectivity index (χ1) is 22.0. The Labute approximate surface area is 273 Å². The molecule has 4 aromatic rings. The van der Waals surface area contributed by atoms with Gasteiger partial charge in [-0.25, -0.2) is 14.4 Å². The number of fused-ring (bicyclic) bond motifs is 1. The van der Waals surface area contributed by atoms with Gasteiger partial charge in [0.1, 0.15) is 5.82 Å². The molecule has 4 heterocycles. The molecular weight excluding hydrogens is 642 g/mol. The molecule has 0 unspecified atom stereocenters. The van der Waals surface area contributed by atoms with Gasteiger partial charge in [-0.15, -0.1) is 12.4 Å². The molecule has 16 heteroatoms. The summed E-state index contributed by atoms with van der Waals surface area (Å²) in [5.41, 5.74) is 5.46. The van der Waals surface area contributed by atoms with Gasteiger partial charge >= 0.3 is 6.18 Å². The summed E-state index contributed by atoms with van der Waals surface area (Å²) in [7, 11) is 0. The van der Waals surface area contributed by atoms with Crippen LogP contribution >= 0.6 is 12.4 Å². The van der Waals surface area contributed by atoms with Crippen LogP contribution in [0.3, 0.4) is 0 Å². The van der Waals surface area contributed by atoms with Crippen LogP contribution in [-0.4, -0.2) is 78.0 Å². The van der Waals surface area contributed by atoms with E-state index in [0.717, 1.165) is 31.7 Å². The second-order valence-corrected chi connectivity index (χ2v) is 12.4. The highest BCUT2D eigenvalue weighted by Crippen LogP contribution is 2.38. The highest BCUT2D eigenvalue weighted by atomic mass is 35.5. The third-order valence-corrected chi connectivity index (χ3v) is 9.04. The molecule has 1 aromatic carbocycles. The van der Waals surface area contributed by atoms with Crippen molar-refractivity contribution in [1.29, 1.82) is 0 Å². The van der Waals surface area contributed by atoms with Crippen LogP contribution in [0.25, 0.3) is 16.9 Å². The van der Waals surface area contributed by atoms with Crippen molar-refractivity contribution in [3.05, 3.63) is 60.1 Å². The summed E-state index contributed by atoms with van der Waals surface area (Å²) >= 11 is 0. The number of aromatic nitrogens is 5. The first-order valence-electron chi connectivity index (χ1n) is 15.4. The van der Waals surface area contributed by atoms with Gasteiger partial charge in [0, 0.05) is 69.0 Å². The minimum Gasteiger partial charge on any atom is -0.339 e. The molecule has 11 nitrogen and oxygen atoms in total. The lowest BCUT2D eigenvalue weighted by Crippen LogP contribution is -2.52. The van der Waals surface area contributed by atoms with Crippen LogP contribution in [0.1, 0.15) is 48.2 Å². The van der Waals surface area contributed by atoms with Crippen molar-refractivity contribution in [2.75, 3.05) is 31.5 Å². The Morgan fingerprint density at radius 2 is 1.77 bits per heavy atom. The number of rotatable bonds is 7. The van der Waals surface area contributed by atoms with Crippen molar-refractivity contribution in [3.8, 4) is 11.3 Å². The molecular formula is C31H34ClF4N9O2. The standard InChI is InChI=1S/C31H33F4N9O2.ClH/c32-24-14-21(5-6-22(24)30(46)42-11-9-41(10-12-42)29(45)19-3-4-20(36)13-19)39-27-28-38-15-25(44(28)8-7-37-27)23-17-43(16-18-1-2-18)40-26(23)31(33,34)35;/h5-8,14-15,17-20H,1-4,9-13,16,36H2,(H,37,39);1H/t19-,20+;/m0./s1. The Morgan fingerprint density at radius 3 is 2.43 bits per heavy atom. The van der Waals surface area contributed by atoms with E-state index in [-0.39, 0.29) is 64.2 Å². The number of carbonyl (C=O) groups excluding carboxylic acids is 2.